The van der Waals surface area contributed by atoms with E-state index < -0.39 is 5.91 Å². The largest absolute Gasteiger partial charge is 0.497 e. The molecule has 110 valence electrons. The molecule has 1 aromatic carbocycles. The first-order valence-electron chi connectivity index (χ1n) is 6.50. The number of nitrogens with one attached hydrogen (secondary N) is 2. The minimum atomic E-state index is -0.411. The van der Waals surface area contributed by atoms with Gasteiger partial charge in [-0.1, -0.05) is 13.3 Å². The summed E-state index contributed by atoms with van der Waals surface area (Å²) >= 11 is 0. The van der Waals surface area contributed by atoms with Gasteiger partial charge in [0.2, 0.25) is 5.91 Å². The third-order valence-corrected chi connectivity index (χ3v) is 2.53. The summed E-state index contributed by atoms with van der Waals surface area (Å²) in [6, 6.07) is 6.87. The number of benzene rings is 1. The highest BCUT2D eigenvalue weighted by atomic mass is 16.5. The number of hydrogen-bond donors (Lipinski definition) is 2. The zero-order valence-electron chi connectivity index (χ0n) is 11.8. The maximum absolute atomic E-state index is 11.4. The molecule has 0 aliphatic rings. The van der Waals surface area contributed by atoms with Crippen molar-refractivity contribution in [2.24, 2.45) is 0 Å². The van der Waals surface area contributed by atoms with Gasteiger partial charge in [-0.2, -0.15) is 0 Å². The van der Waals surface area contributed by atoms with Gasteiger partial charge < -0.3 is 9.47 Å². The van der Waals surface area contributed by atoms with Crippen molar-refractivity contribution in [3.05, 3.63) is 24.3 Å². The number of ether oxygens (including phenoxy) is 2. The van der Waals surface area contributed by atoms with E-state index in [9.17, 15) is 9.59 Å². The van der Waals surface area contributed by atoms with Crippen molar-refractivity contribution < 1.29 is 19.1 Å². The maximum Gasteiger partial charge on any atom is 0.276 e. The maximum atomic E-state index is 11.4. The SMILES string of the molecule is CCCCC(=O)NNC(=O)COc1ccc(OC)cc1. The predicted molar refractivity (Wildman–Crippen MR) is 74.3 cm³/mol. The summed E-state index contributed by atoms with van der Waals surface area (Å²) in [5.41, 5.74) is 4.63. The fourth-order valence-electron chi connectivity index (χ4n) is 1.40. The number of unbranched alkanes of at least 4 members (excludes halogenated alkanes) is 1. The van der Waals surface area contributed by atoms with E-state index in [-0.39, 0.29) is 12.5 Å². The van der Waals surface area contributed by atoms with Crippen LogP contribution in [-0.2, 0) is 9.59 Å². The van der Waals surface area contributed by atoms with Crippen molar-refractivity contribution in [1.82, 2.24) is 10.9 Å². The molecule has 0 spiro atoms. The second-order valence-corrected chi connectivity index (χ2v) is 4.16. The summed E-state index contributed by atoms with van der Waals surface area (Å²) in [5.74, 6) is 0.651. The van der Waals surface area contributed by atoms with Gasteiger partial charge in [0, 0.05) is 6.42 Å². The zero-order chi connectivity index (χ0) is 14.8. The third kappa shape index (κ3) is 6.08. The lowest BCUT2D eigenvalue weighted by Crippen LogP contribution is -2.43. The number of hydrogen-bond acceptors (Lipinski definition) is 4. The predicted octanol–water partition coefficient (Wildman–Crippen LogP) is 1.41. The van der Waals surface area contributed by atoms with Gasteiger partial charge >= 0.3 is 0 Å². The van der Waals surface area contributed by atoms with Crippen molar-refractivity contribution >= 4 is 11.8 Å². The molecule has 0 unspecified atom stereocenters. The molecular formula is C14H20N2O4. The molecule has 1 rings (SSSR count). The summed E-state index contributed by atoms with van der Waals surface area (Å²) in [4.78, 5) is 22.7. The Labute approximate surface area is 118 Å². The molecule has 0 radical (unpaired) electrons. The average molecular weight is 280 g/mol. The molecule has 0 aliphatic carbocycles. The van der Waals surface area contributed by atoms with Crippen molar-refractivity contribution in [3.63, 3.8) is 0 Å². The molecule has 0 atom stereocenters. The summed E-state index contributed by atoms with van der Waals surface area (Å²) < 4.78 is 10.3. The standard InChI is InChI=1S/C14H20N2O4/c1-3-4-5-13(17)15-16-14(18)10-20-12-8-6-11(19-2)7-9-12/h6-9H,3-5,10H2,1-2H3,(H,15,17)(H,16,18). The van der Waals surface area contributed by atoms with Gasteiger partial charge in [0.1, 0.15) is 11.5 Å². The average Bonchev–Trinajstić information content (AvgIpc) is 2.49. The Morgan fingerprint density at radius 3 is 2.25 bits per heavy atom. The first-order valence-corrected chi connectivity index (χ1v) is 6.50. The van der Waals surface area contributed by atoms with Gasteiger partial charge in [-0.3, -0.25) is 20.4 Å². The van der Waals surface area contributed by atoms with Crippen LogP contribution in [0.4, 0.5) is 0 Å². The molecule has 1 aromatic rings. The third-order valence-electron chi connectivity index (χ3n) is 2.53. The number of rotatable bonds is 7. The quantitative estimate of drug-likeness (QED) is 0.740. The van der Waals surface area contributed by atoms with Gasteiger partial charge in [0.05, 0.1) is 7.11 Å². The van der Waals surface area contributed by atoms with Gasteiger partial charge in [-0.25, -0.2) is 0 Å². The van der Waals surface area contributed by atoms with Crippen molar-refractivity contribution in [2.45, 2.75) is 26.2 Å². The van der Waals surface area contributed by atoms with Crippen molar-refractivity contribution in [1.29, 1.82) is 0 Å². The molecule has 0 aliphatic heterocycles. The second kappa shape index (κ2) is 8.79. The summed E-state index contributed by atoms with van der Waals surface area (Å²) in [7, 11) is 1.57. The normalized spacial score (nSPS) is 9.70. The molecule has 20 heavy (non-hydrogen) atoms. The second-order valence-electron chi connectivity index (χ2n) is 4.16. The summed E-state index contributed by atoms with van der Waals surface area (Å²) in [6.07, 6.45) is 2.13. The van der Waals surface area contributed by atoms with Crippen LogP contribution in [0.3, 0.4) is 0 Å². The minimum Gasteiger partial charge on any atom is -0.497 e. The molecule has 2 amide bonds. The molecule has 2 N–H and O–H groups in total. The monoisotopic (exact) mass is 280 g/mol. The van der Waals surface area contributed by atoms with Crippen LogP contribution in [0.1, 0.15) is 26.2 Å². The van der Waals surface area contributed by atoms with Gasteiger partial charge in [0.25, 0.3) is 5.91 Å². The van der Waals surface area contributed by atoms with E-state index in [0.29, 0.717) is 17.9 Å². The van der Waals surface area contributed by atoms with Gasteiger partial charge in [0.15, 0.2) is 6.61 Å². The minimum absolute atomic E-state index is 0.166. The Morgan fingerprint density at radius 2 is 1.65 bits per heavy atom. The number of hydrazine groups is 1. The highest BCUT2D eigenvalue weighted by molar-refractivity contribution is 5.82. The zero-order valence-corrected chi connectivity index (χ0v) is 11.8. The number of methoxy groups -OCH3 is 1. The molecular weight excluding hydrogens is 260 g/mol. The van der Waals surface area contributed by atoms with Crippen molar-refractivity contribution in [2.75, 3.05) is 13.7 Å². The smallest absolute Gasteiger partial charge is 0.276 e. The molecule has 0 bridgehead atoms. The molecule has 0 aromatic heterocycles. The lowest BCUT2D eigenvalue weighted by atomic mass is 10.2. The Bertz CT molecular complexity index is 431. The molecule has 6 heteroatoms. The highest BCUT2D eigenvalue weighted by Gasteiger charge is 2.05. The van der Waals surface area contributed by atoms with Crippen LogP contribution < -0.4 is 20.3 Å². The van der Waals surface area contributed by atoms with Crippen LogP contribution in [0.2, 0.25) is 0 Å². The van der Waals surface area contributed by atoms with Crippen LogP contribution in [0.15, 0.2) is 24.3 Å². The Hall–Kier alpha value is -2.24. The molecule has 0 saturated carbocycles. The van der Waals surface area contributed by atoms with E-state index in [2.05, 4.69) is 10.9 Å². The van der Waals surface area contributed by atoms with E-state index >= 15 is 0 Å². The Kier molecular flexibility index (Phi) is 6.95. The van der Waals surface area contributed by atoms with Crippen LogP contribution in [0, 0.1) is 0 Å². The fraction of sp³-hybridized carbons (Fsp3) is 0.429. The molecule has 0 heterocycles. The van der Waals surface area contributed by atoms with Crippen LogP contribution in [0.25, 0.3) is 0 Å². The lowest BCUT2D eigenvalue weighted by molar-refractivity contribution is -0.130. The van der Waals surface area contributed by atoms with Gasteiger partial charge in [-0.15, -0.1) is 0 Å². The number of carbonyl (C=O) groups is 2. The van der Waals surface area contributed by atoms with E-state index in [1.54, 1.807) is 31.4 Å². The Morgan fingerprint density at radius 1 is 1.05 bits per heavy atom. The van der Waals surface area contributed by atoms with Gasteiger partial charge in [-0.05, 0) is 30.7 Å². The summed E-state index contributed by atoms with van der Waals surface area (Å²) in [5, 5.41) is 0. The Balaban J connectivity index is 2.23. The number of carbonyl (C=O) groups excluding carboxylic acids is 2. The highest BCUT2D eigenvalue weighted by Crippen LogP contribution is 2.16. The van der Waals surface area contributed by atoms with E-state index in [1.807, 2.05) is 6.92 Å². The van der Waals surface area contributed by atoms with Crippen LogP contribution in [-0.4, -0.2) is 25.5 Å². The lowest BCUT2D eigenvalue weighted by Gasteiger charge is -2.09. The topological polar surface area (TPSA) is 76.7 Å². The molecule has 0 saturated heterocycles. The summed E-state index contributed by atoms with van der Waals surface area (Å²) in [6.45, 7) is 1.83. The fourth-order valence-corrected chi connectivity index (χ4v) is 1.40. The van der Waals surface area contributed by atoms with Crippen LogP contribution in [0.5, 0.6) is 11.5 Å². The molecule has 6 nitrogen and oxygen atoms in total. The van der Waals surface area contributed by atoms with Crippen LogP contribution >= 0.6 is 0 Å². The number of amides is 2. The first-order chi connectivity index (χ1) is 9.65. The van der Waals surface area contributed by atoms with E-state index in [1.165, 1.54) is 0 Å². The molecule has 0 fully saturated rings. The van der Waals surface area contributed by atoms with Crippen molar-refractivity contribution in [3.8, 4) is 11.5 Å². The first kappa shape index (κ1) is 15.8. The van der Waals surface area contributed by atoms with E-state index in [0.717, 1.165) is 12.8 Å². The van der Waals surface area contributed by atoms with E-state index in [4.69, 9.17) is 9.47 Å².